The van der Waals surface area contributed by atoms with Crippen LogP contribution >= 0.6 is 0 Å². The second-order valence-electron chi connectivity index (χ2n) is 6.44. The third-order valence-corrected chi connectivity index (χ3v) is 4.84. The molecule has 2 amide bonds. The second kappa shape index (κ2) is 6.07. The molecule has 5 heteroatoms. The van der Waals surface area contributed by atoms with Crippen molar-refractivity contribution in [3.8, 4) is 0 Å². The molecule has 2 aliphatic rings. The number of hydrogen-bond donors (Lipinski definition) is 1. The third-order valence-electron chi connectivity index (χ3n) is 4.84. The molecule has 1 aliphatic heterocycles. The van der Waals surface area contributed by atoms with Crippen LogP contribution in [0.1, 0.15) is 24.0 Å². The van der Waals surface area contributed by atoms with Crippen LogP contribution in [0.2, 0.25) is 0 Å². The molecule has 0 radical (unpaired) electrons. The molecule has 0 spiro atoms. The van der Waals surface area contributed by atoms with Crippen molar-refractivity contribution < 1.29 is 9.59 Å². The number of hydrogen-bond acceptors (Lipinski definition) is 3. The first-order valence-electron chi connectivity index (χ1n) is 8.34. The van der Waals surface area contributed by atoms with Crippen LogP contribution in [0.25, 0.3) is 0 Å². The molecule has 1 atom stereocenters. The van der Waals surface area contributed by atoms with Gasteiger partial charge in [-0.15, -0.1) is 0 Å². The van der Waals surface area contributed by atoms with Crippen molar-refractivity contribution in [3.63, 3.8) is 0 Å². The first-order chi connectivity index (χ1) is 11.7. The highest BCUT2D eigenvalue weighted by Crippen LogP contribution is 2.30. The molecule has 2 aromatic rings. The van der Waals surface area contributed by atoms with E-state index < -0.39 is 0 Å². The average Bonchev–Trinajstić information content (AvgIpc) is 3.21. The number of nitrogens with zero attached hydrogens (tertiary/aromatic N) is 2. The average molecular weight is 321 g/mol. The lowest BCUT2D eigenvalue weighted by Gasteiger charge is -2.18. The lowest BCUT2D eigenvalue weighted by Crippen LogP contribution is -2.28. The highest BCUT2D eigenvalue weighted by molar-refractivity contribution is 6.03. The molecule has 2 heterocycles. The minimum atomic E-state index is -0.320. The Morgan fingerprint density at radius 1 is 1.12 bits per heavy atom. The van der Waals surface area contributed by atoms with Crippen LogP contribution in [-0.2, 0) is 22.4 Å². The molecular weight excluding hydrogens is 302 g/mol. The van der Waals surface area contributed by atoms with Crippen LogP contribution in [0.15, 0.2) is 42.7 Å². The van der Waals surface area contributed by atoms with Gasteiger partial charge in [0, 0.05) is 36.7 Å². The van der Waals surface area contributed by atoms with Gasteiger partial charge in [-0.05, 0) is 54.7 Å². The van der Waals surface area contributed by atoms with Crippen molar-refractivity contribution in [2.45, 2.75) is 25.7 Å². The van der Waals surface area contributed by atoms with Gasteiger partial charge in [0.2, 0.25) is 11.8 Å². The molecule has 1 saturated heterocycles. The molecule has 1 aromatic carbocycles. The minimum absolute atomic E-state index is 0.0165. The number of pyridine rings is 1. The Hall–Kier alpha value is -2.69. The van der Waals surface area contributed by atoms with E-state index in [1.807, 2.05) is 6.07 Å². The molecule has 1 N–H and O–H groups in total. The third kappa shape index (κ3) is 2.77. The summed E-state index contributed by atoms with van der Waals surface area (Å²) in [5.41, 5.74) is 4.35. The van der Waals surface area contributed by atoms with Crippen molar-refractivity contribution >= 4 is 23.2 Å². The van der Waals surface area contributed by atoms with E-state index in [2.05, 4.69) is 22.4 Å². The zero-order valence-electron chi connectivity index (χ0n) is 13.4. The number of anilines is 2. The summed E-state index contributed by atoms with van der Waals surface area (Å²) in [5.74, 6) is -0.417. The lowest BCUT2D eigenvalue weighted by atomic mass is 10.1. The van der Waals surface area contributed by atoms with E-state index in [4.69, 9.17) is 0 Å². The number of carbonyl (C=O) groups excluding carboxylic acids is 2. The highest BCUT2D eigenvalue weighted by atomic mass is 16.2. The van der Waals surface area contributed by atoms with E-state index in [9.17, 15) is 9.59 Å². The van der Waals surface area contributed by atoms with Gasteiger partial charge < -0.3 is 10.2 Å². The van der Waals surface area contributed by atoms with E-state index in [0.717, 1.165) is 18.5 Å². The number of rotatable bonds is 3. The molecule has 0 bridgehead atoms. The normalized spacial score (nSPS) is 19.4. The van der Waals surface area contributed by atoms with Gasteiger partial charge in [-0.2, -0.15) is 0 Å². The molecule has 24 heavy (non-hydrogen) atoms. The van der Waals surface area contributed by atoms with Gasteiger partial charge in [-0.3, -0.25) is 14.6 Å². The van der Waals surface area contributed by atoms with E-state index in [1.54, 1.807) is 29.4 Å². The molecule has 5 nitrogen and oxygen atoms in total. The van der Waals surface area contributed by atoms with E-state index in [-0.39, 0.29) is 24.2 Å². The molecular formula is C19H19N3O2. The lowest BCUT2D eigenvalue weighted by molar-refractivity contribution is -0.122. The predicted molar refractivity (Wildman–Crippen MR) is 91.8 cm³/mol. The number of amides is 2. The predicted octanol–water partition coefficient (Wildman–Crippen LogP) is 2.56. The van der Waals surface area contributed by atoms with Crippen molar-refractivity contribution in [2.24, 2.45) is 5.92 Å². The maximum absolute atomic E-state index is 12.4. The summed E-state index contributed by atoms with van der Waals surface area (Å²) in [5, 5.41) is 2.86. The van der Waals surface area contributed by atoms with Crippen LogP contribution in [0.5, 0.6) is 0 Å². The molecule has 1 fully saturated rings. The van der Waals surface area contributed by atoms with Gasteiger partial charge in [0.05, 0.1) is 5.92 Å². The SMILES string of the molecule is O=C(Nc1ccncc1)C1CC(=O)N(c2ccc3c(c2)CCC3)C1. The number of nitrogens with one attached hydrogen (secondary N) is 1. The largest absolute Gasteiger partial charge is 0.326 e. The van der Waals surface area contributed by atoms with Crippen LogP contribution in [-0.4, -0.2) is 23.3 Å². The van der Waals surface area contributed by atoms with E-state index in [1.165, 1.54) is 17.5 Å². The maximum atomic E-state index is 12.4. The fourth-order valence-electron chi connectivity index (χ4n) is 3.54. The van der Waals surface area contributed by atoms with Crippen molar-refractivity contribution in [2.75, 3.05) is 16.8 Å². The Labute approximate surface area is 140 Å². The number of fused-ring (bicyclic) bond motifs is 1. The number of carbonyl (C=O) groups is 2. The first-order valence-corrected chi connectivity index (χ1v) is 8.34. The summed E-state index contributed by atoms with van der Waals surface area (Å²) in [7, 11) is 0. The first kappa shape index (κ1) is 14.9. The zero-order valence-corrected chi connectivity index (χ0v) is 13.4. The van der Waals surface area contributed by atoms with Crippen LogP contribution in [0.4, 0.5) is 11.4 Å². The van der Waals surface area contributed by atoms with E-state index >= 15 is 0 Å². The van der Waals surface area contributed by atoms with Crippen LogP contribution in [0.3, 0.4) is 0 Å². The van der Waals surface area contributed by atoms with E-state index in [0.29, 0.717) is 12.2 Å². The number of aryl methyl sites for hydroxylation is 2. The summed E-state index contributed by atoms with van der Waals surface area (Å²) in [4.78, 5) is 30.5. The maximum Gasteiger partial charge on any atom is 0.229 e. The molecule has 1 unspecified atom stereocenters. The second-order valence-corrected chi connectivity index (χ2v) is 6.44. The van der Waals surface area contributed by atoms with Crippen molar-refractivity contribution in [1.29, 1.82) is 0 Å². The number of benzene rings is 1. The van der Waals surface area contributed by atoms with Gasteiger partial charge in [-0.25, -0.2) is 0 Å². The number of aromatic nitrogens is 1. The summed E-state index contributed by atoms with van der Waals surface area (Å²) in [6, 6.07) is 9.73. The summed E-state index contributed by atoms with van der Waals surface area (Å²) >= 11 is 0. The van der Waals surface area contributed by atoms with Crippen LogP contribution in [0, 0.1) is 5.92 Å². The topological polar surface area (TPSA) is 62.3 Å². The van der Waals surface area contributed by atoms with Gasteiger partial charge >= 0.3 is 0 Å². The molecule has 4 rings (SSSR count). The summed E-state index contributed by atoms with van der Waals surface area (Å²) in [6.45, 7) is 0.439. The Balaban J connectivity index is 1.48. The van der Waals surface area contributed by atoms with Crippen molar-refractivity contribution in [1.82, 2.24) is 4.98 Å². The van der Waals surface area contributed by atoms with Gasteiger partial charge in [0.1, 0.15) is 0 Å². The Morgan fingerprint density at radius 3 is 2.75 bits per heavy atom. The summed E-state index contributed by atoms with van der Waals surface area (Å²) < 4.78 is 0. The monoisotopic (exact) mass is 321 g/mol. The standard InChI is InChI=1S/C19H19N3O2/c23-18-11-15(19(24)21-16-6-8-20-9-7-16)12-22(18)17-5-4-13-2-1-3-14(13)10-17/h4-10,15H,1-3,11-12H2,(H,20,21,24). The Bertz CT molecular complexity index is 788. The zero-order chi connectivity index (χ0) is 16.5. The smallest absolute Gasteiger partial charge is 0.229 e. The van der Waals surface area contributed by atoms with Gasteiger partial charge in [-0.1, -0.05) is 6.07 Å². The fourth-order valence-corrected chi connectivity index (χ4v) is 3.54. The molecule has 1 aromatic heterocycles. The highest BCUT2D eigenvalue weighted by Gasteiger charge is 2.35. The van der Waals surface area contributed by atoms with Gasteiger partial charge in [0.25, 0.3) is 0 Å². The van der Waals surface area contributed by atoms with Gasteiger partial charge in [0.15, 0.2) is 0 Å². The molecule has 122 valence electrons. The van der Waals surface area contributed by atoms with Crippen LogP contribution < -0.4 is 10.2 Å². The minimum Gasteiger partial charge on any atom is -0.326 e. The molecule has 0 saturated carbocycles. The van der Waals surface area contributed by atoms with Crippen molar-refractivity contribution in [3.05, 3.63) is 53.9 Å². The summed E-state index contributed by atoms with van der Waals surface area (Å²) in [6.07, 6.45) is 6.91. The Morgan fingerprint density at radius 2 is 1.92 bits per heavy atom. The Kier molecular flexibility index (Phi) is 3.76. The molecule has 1 aliphatic carbocycles. The fraction of sp³-hybridized carbons (Fsp3) is 0.316. The quantitative estimate of drug-likeness (QED) is 0.945.